The normalized spacial score (nSPS) is 12.1. The highest BCUT2D eigenvalue weighted by atomic mass is 35.5. The van der Waals surface area contributed by atoms with E-state index >= 15 is 0 Å². The Kier molecular flexibility index (Phi) is 6.26. The minimum atomic E-state index is -0.942. The van der Waals surface area contributed by atoms with E-state index in [4.69, 9.17) is 16.7 Å². The summed E-state index contributed by atoms with van der Waals surface area (Å²) in [7, 11) is 1.56. The highest BCUT2D eigenvalue weighted by molar-refractivity contribution is 6.30. The minimum Gasteiger partial charge on any atom is -0.481 e. The Morgan fingerprint density at radius 1 is 1.27 bits per heavy atom. The number of nitrogens with one attached hydrogen (secondary N) is 1. The quantitative estimate of drug-likeness (QED) is 0.799. The first-order valence-electron chi connectivity index (χ1n) is 8.29. The van der Waals surface area contributed by atoms with E-state index in [1.807, 2.05) is 26.0 Å². The zero-order chi connectivity index (χ0) is 19.4. The van der Waals surface area contributed by atoms with Crippen LogP contribution in [-0.4, -0.2) is 45.4 Å². The molecular formula is C18H23ClN4O3. The number of nitrogens with zero attached hydrogens (tertiary/aromatic N) is 3. The molecule has 0 aliphatic heterocycles. The monoisotopic (exact) mass is 378 g/mol. The molecule has 1 heterocycles. The summed E-state index contributed by atoms with van der Waals surface area (Å²) in [5, 5.41) is 16.8. The van der Waals surface area contributed by atoms with Crippen LogP contribution in [-0.2, 0) is 4.79 Å². The van der Waals surface area contributed by atoms with Crippen molar-refractivity contribution in [2.24, 2.45) is 5.92 Å². The van der Waals surface area contributed by atoms with E-state index in [1.54, 1.807) is 37.0 Å². The van der Waals surface area contributed by atoms with Gasteiger partial charge >= 0.3 is 12.0 Å². The average Bonchev–Trinajstić information content (AvgIpc) is 2.99. The summed E-state index contributed by atoms with van der Waals surface area (Å²) in [6.45, 7) is 5.69. The molecule has 2 N–H and O–H groups in total. The summed E-state index contributed by atoms with van der Waals surface area (Å²) >= 11 is 5.94. The lowest BCUT2D eigenvalue weighted by molar-refractivity contribution is -0.141. The van der Waals surface area contributed by atoms with Crippen LogP contribution in [0.2, 0.25) is 5.02 Å². The Labute approximate surface area is 157 Å². The third kappa shape index (κ3) is 4.54. The molecule has 0 saturated heterocycles. The number of amides is 2. The summed E-state index contributed by atoms with van der Waals surface area (Å²) < 4.78 is 1.76. The molecule has 140 valence electrons. The number of aromatic nitrogens is 2. The minimum absolute atomic E-state index is 0.103. The van der Waals surface area contributed by atoms with Crippen LogP contribution < -0.4 is 5.32 Å². The van der Waals surface area contributed by atoms with Crippen molar-refractivity contribution in [3.8, 4) is 5.69 Å². The summed E-state index contributed by atoms with van der Waals surface area (Å²) in [5.74, 6) is -1.48. The molecule has 8 heteroatoms. The third-order valence-corrected chi connectivity index (χ3v) is 4.23. The number of carboxylic acids is 1. The molecule has 1 atom stereocenters. The molecular weight excluding hydrogens is 356 g/mol. The first-order valence-corrected chi connectivity index (χ1v) is 8.67. The van der Waals surface area contributed by atoms with Gasteiger partial charge in [0.1, 0.15) is 0 Å². The second-order valence-corrected chi connectivity index (χ2v) is 6.97. The van der Waals surface area contributed by atoms with Crippen LogP contribution in [0.5, 0.6) is 0 Å². The van der Waals surface area contributed by atoms with Gasteiger partial charge in [-0.3, -0.25) is 4.79 Å². The molecule has 2 aromatic rings. The van der Waals surface area contributed by atoms with Gasteiger partial charge in [-0.2, -0.15) is 5.10 Å². The fraction of sp³-hybridized carbons (Fsp3) is 0.389. The Balaban J connectivity index is 2.23. The highest BCUT2D eigenvalue weighted by Gasteiger charge is 2.21. The topological polar surface area (TPSA) is 87.5 Å². The molecule has 0 spiro atoms. The molecule has 7 nitrogen and oxygen atoms in total. The summed E-state index contributed by atoms with van der Waals surface area (Å²) in [4.78, 5) is 24.7. The number of hydrogen-bond donors (Lipinski definition) is 2. The fourth-order valence-electron chi connectivity index (χ4n) is 2.58. The SMILES string of the molecule is CC(CN(C)C(=O)Nc1cnn(-c2ccc(Cl)cc2)c1C(C)C)C(=O)O. The van der Waals surface area contributed by atoms with E-state index < -0.39 is 11.9 Å². The van der Waals surface area contributed by atoms with Gasteiger partial charge in [0.05, 0.1) is 29.2 Å². The number of carbonyl (C=O) groups excluding carboxylic acids is 1. The van der Waals surface area contributed by atoms with Gasteiger partial charge < -0.3 is 15.3 Å². The molecule has 1 aromatic carbocycles. The van der Waals surface area contributed by atoms with E-state index in [1.165, 1.54) is 4.90 Å². The molecule has 0 radical (unpaired) electrons. The molecule has 0 bridgehead atoms. The zero-order valence-corrected chi connectivity index (χ0v) is 16.0. The largest absolute Gasteiger partial charge is 0.481 e. The Hall–Kier alpha value is -2.54. The Bertz CT molecular complexity index is 786. The Morgan fingerprint density at radius 3 is 2.42 bits per heavy atom. The number of halogens is 1. The zero-order valence-electron chi connectivity index (χ0n) is 15.2. The van der Waals surface area contributed by atoms with E-state index in [2.05, 4.69) is 10.4 Å². The standard InChI is InChI=1S/C18H23ClN4O3/c1-11(2)16-15(21-18(26)22(4)10-12(3)17(24)25)9-20-23(16)14-7-5-13(19)6-8-14/h5-9,11-12H,10H2,1-4H3,(H,21,26)(H,24,25). The number of anilines is 1. The molecule has 1 aromatic heterocycles. The van der Waals surface area contributed by atoms with Crippen LogP contribution in [0.3, 0.4) is 0 Å². The van der Waals surface area contributed by atoms with E-state index in [-0.39, 0.29) is 18.5 Å². The van der Waals surface area contributed by atoms with Crippen molar-refractivity contribution in [2.75, 3.05) is 18.9 Å². The summed E-state index contributed by atoms with van der Waals surface area (Å²) in [6, 6.07) is 6.89. The molecule has 0 fully saturated rings. The lowest BCUT2D eigenvalue weighted by Crippen LogP contribution is -2.36. The van der Waals surface area contributed by atoms with Crippen molar-refractivity contribution >= 4 is 29.3 Å². The molecule has 2 rings (SSSR count). The third-order valence-electron chi connectivity index (χ3n) is 3.98. The summed E-state index contributed by atoms with van der Waals surface area (Å²) in [5.41, 5.74) is 2.28. The van der Waals surface area contributed by atoms with Gasteiger partial charge in [0.25, 0.3) is 0 Å². The second-order valence-electron chi connectivity index (χ2n) is 6.54. The van der Waals surface area contributed by atoms with Gasteiger partial charge in [0.2, 0.25) is 0 Å². The maximum absolute atomic E-state index is 12.4. The van der Waals surface area contributed by atoms with Gasteiger partial charge in [-0.15, -0.1) is 0 Å². The van der Waals surface area contributed by atoms with E-state index in [0.29, 0.717) is 10.7 Å². The number of aliphatic carboxylic acids is 1. The van der Waals surface area contributed by atoms with Crippen molar-refractivity contribution in [1.82, 2.24) is 14.7 Å². The fourth-order valence-corrected chi connectivity index (χ4v) is 2.71. The average molecular weight is 379 g/mol. The smallest absolute Gasteiger partial charge is 0.321 e. The van der Waals surface area contributed by atoms with Gasteiger partial charge in [-0.1, -0.05) is 32.4 Å². The number of carboxylic acid groups (broad SMARTS) is 1. The van der Waals surface area contributed by atoms with Crippen LogP contribution in [0.25, 0.3) is 5.69 Å². The van der Waals surface area contributed by atoms with Crippen LogP contribution in [0.4, 0.5) is 10.5 Å². The van der Waals surface area contributed by atoms with Crippen molar-refractivity contribution in [2.45, 2.75) is 26.7 Å². The van der Waals surface area contributed by atoms with E-state index in [0.717, 1.165) is 11.4 Å². The van der Waals surface area contributed by atoms with Crippen LogP contribution >= 0.6 is 11.6 Å². The molecule has 1 unspecified atom stereocenters. The summed E-state index contributed by atoms with van der Waals surface area (Å²) in [6.07, 6.45) is 1.59. The van der Waals surface area contributed by atoms with Crippen LogP contribution in [0.15, 0.2) is 30.5 Å². The second kappa shape index (κ2) is 8.23. The van der Waals surface area contributed by atoms with Crippen molar-refractivity contribution < 1.29 is 14.7 Å². The number of carbonyl (C=O) groups is 2. The maximum atomic E-state index is 12.4. The van der Waals surface area contributed by atoms with Crippen LogP contribution in [0.1, 0.15) is 32.4 Å². The predicted octanol–water partition coefficient (Wildman–Crippen LogP) is 3.83. The number of hydrogen-bond acceptors (Lipinski definition) is 3. The lowest BCUT2D eigenvalue weighted by atomic mass is 10.1. The molecule has 2 amide bonds. The number of urea groups is 1. The van der Waals surface area contributed by atoms with Crippen LogP contribution in [0, 0.1) is 5.92 Å². The van der Waals surface area contributed by atoms with E-state index in [9.17, 15) is 9.59 Å². The van der Waals surface area contributed by atoms with Crippen molar-refractivity contribution in [3.63, 3.8) is 0 Å². The van der Waals surface area contributed by atoms with Gasteiger partial charge in [0, 0.05) is 18.6 Å². The lowest BCUT2D eigenvalue weighted by Gasteiger charge is -2.20. The first-order chi connectivity index (χ1) is 12.2. The molecule has 0 aliphatic carbocycles. The number of benzene rings is 1. The highest BCUT2D eigenvalue weighted by Crippen LogP contribution is 2.27. The molecule has 0 aliphatic rings. The van der Waals surface area contributed by atoms with Gasteiger partial charge in [-0.25, -0.2) is 9.48 Å². The maximum Gasteiger partial charge on any atom is 0.321 e. The van der Waals surface area contributed by atoms with Crippen molar-refractivity contribution in [3.05, 3.63) is 41.2 Å². The number of rotatable bonds is 6. The van der Waals surface area contributed by atoms with Gasteiger partial charge in [-0.05, 0) is 30.2 Å². The van der Waals surface area contributed by atoms with Crippen molar-refractivity contribution in [1.29, 1.82) is 0 Å². The molecule has 26 heavy (non-hydrogen) atoms. The first kappa shape index (κ1) is 19.8. The predicted molar refractivity (Wildman–Crippen MR) is 101 cm³/mol. The Morgan fingerprint density at radius 2 is 1.88 bits per heavy atom. The van der Waals surface area contributed by atoms with Gasteiger partial charge in [0.15, 0.2) is 0 Å². The molecule has 0 saturated carbocycles.